The van der Waals surface area contributed by atoms with Crippen LogP contribution in [0, 0.1) is 6.92 Å². The monoisotopic (exact) mass is 321 g/mol. The minimum absolute atomic E-state index is 0.282. The first-order valence-corrected chi connectivity index (χ1v) is 8.14. The zero-order valence-electron chi connectivity index (χ0n) is 14.3. The summed E-state index contributed by atoms with van der Waals surface area (Å²) in [5.74, 6) is 0.853. The number of aromatic nitrogens is 2. The van der Waals surface area contributed by atoms with E-state index in [9.17, 15) is 0 Å². The first-order valence-electron chi connectivity index (χ1n) is 8.14. The molecule has 0 fully saturated rings. The number of rotatable bonds is 6. The Kier molecular flexibility index (Phi) is 4.96. The Hall–Kier alpha value is -2.59. The number of hydrogen-bond acceptors (Lipinski definition) is 3. The molecule has 1 atom stereocenters. The lowest BCUT2D eigenvalue weighted by Gasteiger charge is -2.16. The van der Waals surface area contributed by atoms with Gasteiger partial charge in [-0.05, 0) is 49.2 Å². The topological polar surface area (TPSA) is 49.9 Å². The van der Waals surface area contributed by atoms with Crippen LogP contribution in [0.5, 0.6) is 5.75 Å². The third kappa shape index (κ3) is 3.49. The molecule has 24 heavy (non-hydrogen) atoms. The Balaban J connectivity index is 1.72. The van der Waals surface area contributed by atoms with E-state index in [1.165, 1.54) is 11.1 Å². The molecule has 0 bridgehead atoms. The predicted octanol–water partition coefficient (Wildman–Crippen LogP) is 4.24. The second-order valence-electron chi connectivity index (χ2n) is 5.96. The minimum atomic E-state index is 0.282. The Labute approximate surface area is 142 Å². The summed E-state index contributed by atoms with van der Waals surface area (Å²) < 4.78 is 5.22. The van der Waals surface area contributed by atoms with E-state index in [1.54, 1.807) is 7.11 Å². The standard InChI is InChI=1S/C20H23N3O/c1-14-6-4-5-7-19(14)15(2)21-12-17-13-22-23-20(17)16-8-10-18(24-3)11-9-16/h4-11,13,15,21H,12H2,1-3H3,(H,22,23). The zero-order chi connectivity index (χ0) is 16.9. The van der Waals surface area contributed by atoms with Crippen LogP contribution in [-0.4, -0.2) is 17.3 Å². The molecule has 0 aliphatic rings. The molecule has 1 unspecified atom stereocenters. The number of nitrogens with one attached hydrogen (secondary N) is 2. The number of H-pyrrole nitrogens is 1. The van der Waals surface area contributed by atoms with Crippen molar-refractivity contribution in [1.82, 2.24) is 15.5 Å². The van der Waals surface area contributed by atoms with E-state index in [-0.39, 0.29) is 6.04 Å². The van der Waals surface area contributed by atoms with Crippen molar-refractivity contribution >= 4 is 0 Å². The molecule has 0 radical (unpaired) electrons. The fraction of sp³-hybridized carbons (Fsp3) is 0.250. The van der Waals surface area contributed by atoms with Crippen LogP contribution in [0.4, 0.5) is 0 Å². The molecule has 0 saturated carbocycles. The summed E-state index contributed by atoms with van der Waals surface area (Å²) in [5, 5.41) is 10.9. The summed E-state index contributed by atoms with van der Waals surface area (Å²) in [6.07, 6.45) is 1.89. The lowest BCUT2D eigenvalue weighted by Crippen LogP contribution is -2.19. The van der Waals surface area contributed by atoms with E-state index in [0.29, 0.717) is 0 Å². The van der Waals surface area contributed by atoms with Gasteiger partial charge in [-0.15, -0.1) is 0 Å². The minimum Gasteiger partial charge on any atom is -0.497 e. The van der Waals surface area contributed by atoms with Crippen molar-refractivity contribution in [3.05, 3.63) is 71.4 Å². The Morgan fingerprint density at radius 3 is 2.58 bits per heavy atom. The molecular weight excluding hydrogens is 298 g/mol. The van der Waals surface area contributed by atoms with Crippen LogP contribution in [0.2, 0.25) is 0 Å². The van der Waals surface area contributed by atoms with Crippen LogP contribution in [-0.2, 0) is 6.54 Å². The van der Waals surface area contributed by atoms with Crippen molar-refractivity contribution in [2.75, 3.05) is 7.11 Å². The maximum atomic E-state index is 5.22. The molecule has 1 heterocycles. The highest BCUT2D eigenvalue weighted by Crippen LogP contribution is 2.24. The number of ether oxygens (including phenoxy) is 1. The smallest absolute Gasteiger partial charge is 0.118 e. The summed E-state index contributed by atoms with van der Waals surface area (Å²) in [5.41, 5.74) is 5.93. The molecule has 0 aliphatic carbocycles. The maximum Gasteiger partial charge on any atom is 0.118 e. The van der Waals surface area contributed by atoms with Gasteiger partial charge < -0.3 is 10.1 Å². The van der Waals surface area contributed by atoms with Crippen molar-refractivity contribution in [1.29, 1.82) is 0 Å². The fourth-order valence-corrected chi connectivity index (χ4v) is 2.90. The van der Waals surface area contributed by atoms with Crippen molar-refractivity contribution < 1.29 is 4.74 Å². The van der Waals surface area contributed by atoms with Gasteiger partial charge >= 0.3 is 0 Å². The van der Waals surface area contributed by atoms with Crippen molar-refractivity contribution in [2.24, 2.45) is 0 Å². The Bertz CT molecular complexity index is 793. The average molecular weight is 321 g/mol. The summed E-state index contributed by atoms with van der Waals surface area (Å²) >= 11 is 0. The van der Waals surface area contributed by atoms with Gasteiger partial charge in [-0.25, -0.2) is 0 Å². The number of benzene rings is 2. The second-order valence-corrected chi connectivity index (χ2v) is 5.96. The molecule has 0 spiro atoms. The molecule has 3 aromatic rings. The largest absolute Gasteiger partial charge is 0.497 e. The van der Waals surface area contributed by atoms with Gasteiger partial charge in [-0.3, -0.25) is 5.10 Å². The van der Waals surface area contributed by atoms with E-state index in [2.05, 4.69) is 53.6 Å². The lowest BCUT2D eigenvalue weighted by molar-refractivity contribution is 0.415. The molecule has 4 nitrogen and oxygen atoms in total. The van der Waals surface area contributed by atoms with E-state index >= 15 is 0 Å². The normalized spacial score (nSPS) is 12.1. The number of hydrogen-bond donors (Lipinski definition) is 2. The first kappa shape index (κ1) is 16.3. The number of nitrogens with zero attached hydrogens (tertiary/aromatic N) is 1. The Morgan fingerprint density at radius 2 is 1.88 bits per heavy atom. The third-order valence-corrected chi connectivity index (χ3v) is 4.35. The summed E-state index contributed by atoms with van der Waals surface area (Å²) in [4.78, 5) is 0. The number of aromatic amines is 1. The van der Waals surface area contributed by atoms with Gasteiger partial charge in [0.05, 0.1) is 19.0 Å². The molecule has 4 heteroatoms. The molecule has 124 valence electrons. The second kappa shape index (κ2) is 7.32. The lowest BCUT2D eigenvalue weighted by atomic mass is 10.0. The van der Waals surface area contributed by atoms with E-state index < -0.39 is 0 Å². The zero-order valence-corrected chi connectivity index (χ0v) is 14.3. The third-order valence-electron chi connectivity index (χ3n) is 4.35. The molecular formula is C20H23N3O. The molecule has 0 amide bonds. The highest BCUT2D eigenvalue weighted by Gasteiger charge is 2.11. The van der Waals surface area contributed by atoms with Gasteiger partial charge in [0, 0.05) is 23.7 Å². The SMILES string of the molecule is COc1ccc(-c2[nH]ncc2CNC(C)c2ccccc2C)cc1. The quantitative estimate of drug-likeness (QED) is 0.714. The molecule has 0 saturated heterocycles. The molecule has 1 aromatic heterocycles. The van der Waals surface area contributed by atoms with Gasteiger partial charge in [0.15, 0.2) is 0 Å². The number of methoxy groups -OCH3 is 1. The van der Waals surface area contributed by atoms with Crippen molar-refractivity contribution in [2.45, 2.75) is 26.4 Å². The van der Waals surface area contributed by atoms with Gasteiger partial charge in [0.2, 0.25) is 0 Å². The highest BCUT2D eigenvalue weighted by atomic mass is 16.5. The van der Waals surface area contributed by atoms with E-state index in [1.807, 2.05) is 30.5 Å². The predicted molar refractivity (Wildman–Crippen MR) is 97.0 cm³/mol. The van der Waals surface area contributed by atoms with Gasteiger partial charge in [0.25, 0.3) is 0 Å². The summed E-state index contributed by atoms with van der Waals surface area (Å²) in [6.45, 7) is 5.09. The van der Waals surface area contributed by atoms with Crippen LogP contribution in [0.25, 0.3) is 11.3 Å². The van der Waals surface area contributed by atoms with Crippen LogP contribution in [0.15, 0.2) is 54.7 Å². The van der Waals surface area contributed by atoms with E-state index in [4.69, 9.17) is 4.74 Å². The molecule has 2 N–H and O–H groups in total. The van der Waals surface area contributed by atoms with Gasteiger partial charge in [-0.1, -0.05) is 24.3 Å². The van der Waals surface area contributed by atoms with Gasteiger partial charge in [0.1, 0.15) is 5.75 Å². The average Bonchev–Trinajstić information content (AvgIpc) is 3.08. The highest BCUT2D eigenvalue weighted by molar-refractivity contribution is 5.63. The molecule has 2 aromatic carbocycles. The van der Waals surface area contributed by atoms with Crippen molar-refractivity contribution in [3.8, 4) is 17.0 Å². The van der Waals surface area contributed by atoms with Crippen LogP contribution in [0.3, 0.4) is 0 Å². The van der Waals surface area contributed by atoms with Crippen LogP contribution >= 0.6 is 0 Å². The summed E-state index contributed by atoms with van der Waals surface area (Å²) in [6, 6.07) is 16.8. The molecule has 3 rings (SSSR count). The van der Waals surface area contributed by atoms with E-state index in [0.717, 1.165) is 29.1 Å². The Morgan fingerprint density at radius 1 is 1.12 bits per heavy atom. The fourth-order valence-electron chi connectivity index (χ4n) is 2.90. The van der Waals surface area contributed by atoms with Crippen molar-refractivity contribution in [3.63, 3.8) is 0 Å². The first-order chi connectivity index (χ1) is 11.7. The molecule has 0 aliphatic heterocycles. The van der Waals surface area contributed by atoms with Crippen LogP contribution in [0.1, 0.15) is 29.7 Å². The van der Waals surface area contributed by atoms with Gasteiger partial charge in [-0.2, -0.15) is 5.10 Å². The number of aryl methyl sites for hydroxylation is 1. The maximum absolute atomic E-state index is 5.22. The summed E-state index contributed by atoms with van der Waals surface area (Å²) in [7, 11) is 1.67. The van der Waals surface area contributed by atoms with Crippen LogP contribution < -0.4 is 10.1 Å².